The van der Waals surface area contributed by atoms with Crippen LogP contribution in [0.15, 0.2) is 36.7 Å². The lowest BCUT2D eigenvalue weighted by molar-refractivity contribution is 0.355. The first-order chi connectivity index (χ1) is 11.7. The maximum absolute atomic E-state index is 14.1. The summed E-state index contributed by atoms with van der Waals surface area (Å²) in [6, 6.07) is 8.01. The largest absolute Gasteiger partial charge is 0.493 e. The molecular weight excluding hydrogens is 313 g/mol. The Hall–Kier alpha value is -3.09. The number of anilines is 1. The summed E-state index contributed by atoms with van der Waals surface area (Å²) < 4.78 is 30.3. The molecule has 0 aliphatic carbocycles. The summed E-state index contributed by atoms with van der Waals surface area (Å²) in [4.78, 5) is 8.29. The number of nitrogens with zero attached hydrogens (tertiary/aromatic N) is 2. The molecule has 0 fully saturated rings. The van der Waals surface area contributed by atoms with Crippen LogP contribution in [-0.2, 0) is 0 Å². The van der Waals surface area contributed by atoms with Crippen LogP contribution in [0.3, 0.4) is 0 Å². The average molecular weight is 329 g/mol. The van der Waals surface area contributed by atoms with Gasteiger partial charge in [-0.05, 0) is 18.2 Å². The molecule has 0 atom stereocenters. The van der Waals surface area contributed by atoms with Crippen molar-refractivity contribution in [3.05, 3.63) is 42.5 Å². The topological polar surface area (TPSA) is 65.5 Å². The summed E-state index contributed by atoms with van der Waals surface area (Å²) in [6.45, 7) is 0. The Kier molecular flexibility index (Phi) is 4.33. The van der Waals surface area contributed by atoms with E-state index >= 15 is 0 Å². The van der Waals surface area contributed by atoms with Crippen molar-refractivity contribution in [1.29, 1.82) is 0 Å². The monoisotopic (exact) mass is 329 g/mol. The highest BCUT2D eigenvalue weighted by Gasteiger charge is 2.14. The lowest BCUT2D eigenvalue weighted by atomic mass is 10.2. The molecule has 6 nitrogen and oxygen atoms in total. The highest BCUT2D eigenvalue weighted by Crippen LogP contribution is 2.36. The molecule has 24 heavy (non-hydrogen) atoms. The highest BCUT2D eigenvalue weighted by molar-refractivity contribution is 5.87. The van der Waals surface area contributed by atoms with Gasteiger partial charge in [0.25, 0.3) is 0 Å². The minimum atomic E-state index is -0.492. The normalized spacial score (nSPS) is 10.5. The standard InChI is InChI=1S/C17H16FN3O3/c1-19-10-4-5-14(12(18)6-10)24-17-11-7-15(22-2)16(23-3)8-13(11)20-9-21-17/h4-9,19H,1-3H3. The molecule has 0 bridgehead atoms. The number of benzene rings is 2. The number of hydrogen-bond acceptors (Lipinski definition) is 6. The number of fused-ring (bicyclic) bond motifs is 1. The molecule has 7 heteroatoms. The smallest absolute Gasteiger partial charge is 0.230 e. The fourth-order valence-electron chi connectivity index (χ4n) is 2.28. The average Bonchev–Trinajstić information content (AvgIpc) is 2.62. The Bertz CT molecular complexity index is 886. The summed E-state index contributed by atoms with van der Waals surface area (Å²) in [5, 5.41) is 3.45. The van der Waals surface area contributed by atoms with E-state index in [1.165, 1.54) is 25.6 Å². The molecule has 3 aromatic rings. The second-order valence-electron chi connectivity index (χ2n) is 4.90. The first-order valence-electron chi connectivity index (χ1n) is 7.18. The third-order valence-electron chi connectivity index (χ3n) is 3.53. The second kappa shape index (κ2) is 6.57. The molecule has 0 saturated carbocycles. The fraction of sp³-hybridized carbons (Fsp3) is 0.176. The molecule has 0 aliphatic rings. The van der Waals surface area contributed by atoms with Gasteiger partial charge in [0.15, 0.2) is 23.1 Å². The van der Waals surface area contributed by atoms with Crippen LogP contribution >= 0.6 is 0 Å². The third-order valence-corrected chi connectivity index (χ3v) is 3.53. The number of halogens is 1. The zero-order chi connectivity index (χ0) is 17.1. The minimum Gasteiger partial charge on any atom is -0.493 e. The fourth-order valence-corrected chi connectivity index (χ4v) is 2.28. The van der Waals surface area contributed by atoms with Crippen molar-refractivity contribution < 1.29 is 18.6 Å². The Labute approximate surface area is 138 Å². The summed E-state index contributed by atoms with van der Waals surface area (Å²) in [7, 11) is 4.79. The quantitative estimate of drug-likeness (QED) is 0.771. The zero-order valence-electron chi connectivity index (χ0n) is 13.5. The van der Waals surface area contributed by atoms with Crippen LogP contribution in [0.4, 0.5) is 10.1 Å². The van der Waals surface area contributed by atoms with Crippen LogP contribution in [0.2, 0.25) is 0 Å². The summed E-state index contributed by atoms with van der Waals surface area (Å²) in [5.74, 6) is 0.866. The molecular formula is C17H16FN3O3. The predicted octanol–water partition coefficient (Wildman–Crippen LogP) is 3.62. The van der Waals surface area contributed by atoms with E-state index in [0.717, 1.165) is 0 Å². The summed E-state index contributed by atoms with van der Waals surface area (Å²) in [5.41, 5.74) is 1.25. The van der Waals surface area contributed by atoms with Crippen molar-refractivity contribution in [3.63, 3.8) is 0 Å². The lowest BCUT2D eigenvalue weighted by Gasteiger charge is -2.12. The summed E-state index contributed by atoms with van der Waals surface area (Å²) >= 11 is 0. The molecule has 1 heterocycles. The summed E-state index contributed by atoms with van der Waals surface area (Å²) in [6.07, 6.45) is 1.35. The van der Waals surface area contributed by atoms with Gasteiger partial charge in [-0.3, -0.25) is 0 Å². The lowest BCUT2D eigenvalue weighted by Crippen LogP contribution is -1.97. The molecule has 0 spiro atoms. The number of ether oxygens (including phenoxy) is 3. The van der Waals surface area contributed by atoms with Crippen LogP contribution in [-0.4, -0.2) is 31.2 Å². The van der Waals surface area contributed by atoms with Crippen LogP contribution in [0.25, 0.3) is 10.9 Å². The van der Waals surface area contributed by atoms with Crippen molar-refractivity contribution >= 4 is 16.6 Å². The first kappa shape index (κ1) is 15.8. The van der Waals surface area contributed by atoms with E-state index in [2.05, 4.69) is 15.3 Å². The van der Waals surface area contributed by atoms with Gasteiger partial charge in [0.1, 0.15) is 6.33 Å². The van der Waals surface area contributed by atoms with Gasteiger partial charge in [0.05, 0.1) is 25.1 Å². The molecule has 3 rings (SSSR count). The zero-order valence-corrected chi connectivity index (χ0v) is 13.5. The van der Waals surface area contributed by atoms with Crippen LogP contribution < -0.4 is 19.5 Å². The van der Waals surface area contributed by atoms with E-state index in [4.69, 9.17) is 14.2 Å². The van der Waals surface area contributed by atoms with E-state index in [0.29, 0.717) is 28.1 Å². The SMILES string of the molecule is CNc1ccc(Oc2ncnc3cc(OC)c(OC)cc23)c(F)c1. The van der Waals surface area contributed by atoms with Crippen LogP contribution in [0.5, 0.6) is 23.1 Å². The van der Waals surface area contributed by atoms with Crippen molar-refractivity contribution in [1.82, 2.24) is 9.97 Å². The molecule has 0 aliphatic heterocycles. The van der Waals surface area contributed by atoms with E-state index < -0.39 is 5.82 Å². The van der Waals surface area contributed by atoms with Gasteiger partial charge >= 0.3 is 0 Å². The number of aromatic nitrogens is 2. The van der Waals surface area contributed by atoms with Gasteiger partial charge < -0.3 is 19.5 Å². The number of rotatable bonds is 5. The van der Waals surface area contributed by atoms with Crippen molar-refractivity contribution in [2.75, 3.05) is 26.6 Å². The minimum absolute atomic E-state index is 0.0729. The van der Waals surface area contributed by atoms with Gasteiger partial charge in [0.2, 0.25) is 5.88 Å². The maximum Gasteiger partial charge on any atom is 0.230 e. The second-order valence-corrected chi connectivity index (χ2v) is 4.90. The van der Waals surface area contributed by atoms with Gasteiger partial charge in [0, 0.05) is 24.9 Å². The van der Waals surface area contributed by atoms with E-state index in [1.807, 2.05) is 0 Å². The van der Waals surface area contributed by atoms with E-state index in [1.54, 1.807) is 32.4 Å². The molecule has 0 radical (unpaired) electrons. The van der Waals surface area contributed by atoms with Crippen LogP contribution in [0, 0.1) is 5.82 Å². The number of methoxy groups -OCH3 is 2. The van der Waals surface area contributed by atoms with Gasteiger partial charge in [-0.25, -0.2) is 14.4 Å². The molecule has 1 aromatic heterocycles. The Morgan fingerprint density at radius 2 is 1.71 bits per heavy atom. The third kappa shape index (κ3) is 2.88. The number of hydrogen-bond donors (Lipinski definition) is 1. The number of nitrogens with one attached hydrogen (secondary N) is 1. The Morgan fingerprint density at radius 3 is 2.38 bits per heavy atom. The maximum atomic E-state index is 14.1. The van der Waals surface area contributed by atoms with Crippen molar-refractivity contribution in [2.45, 2.75) is 0 Å². The molecule has 1 N–H and O–H groups in total. The Morgan fingerprint density at radius 1 is 0.958 bits per heavy atom. The molecule has 0 unspecified atom stereocenters. The molecule has 2 aromatic carbocycles. The van der Waals surface area contributed by atoms with E-state index in [-0.39, 0.29) is 11.6 Å². The van der Waals surface area contributed by atoms with Gasteiger partial charge in [-0.15, -0.1) is 0 Å². The van der Waals surface area contributed by atoms with Gasteiger partial charge in [-0.1, -0.05) is 0 Å². The van der Waals surface area contributed by atoms with E-state index in [9.17, 15) is 4.39 Å². The molecule has 0 saturated heterocycles. The predicted molar refractivity (Wildman–Crippen MR) is 88.7 cm³/mol. The molecule has 0 amide bonds. The van der Waals surface area contributed by atoms with Crippen LogP contribution in [0.1, 0.15) is 0 Å². The highest BCUT2D eigenvalue weighted by atomic mass is 19.1. The molecule has 124 valence electrons. The van der Waals surface area contributed by atoms with Crippen molar-refractivity contribution in [2.24, 2.45) is 0 Å². The first-order valence-corrected chi connectivity index (χ1v) is 7.18. The Balaban J connectivity index is 2.06. The van der Waals surface area contributed by atoms with Gasteiger partial charge in [-0.2, -0.15) is 0 Å². The van der Waals surface area contributed by atoms with Crippen molar-refractivity contribution in [3.8, 4) is 23.1 Å².